The maximum Gasteiger partial charge on any atom is 0.390 e. The van der Waals surface area contributed by atoms with E-state index < -0.39 is 12.6 Å². The van der Waals surface area contributed by atoms with Gasteiger partial charge in [-0.1, -0.05) is 20.8 Å². The van der Waals surface area contributed by atoms with Crippen LogP contribution in [0.3, 0.4) is 0 Å². The average molecular weight is 341 g/mol. The number of halogens is 3. The summed E-state index contributed by atoms with van der Waals surface area (Å²) in [7, 11) is 0. The number of aromatic nitrogens is 4. The van der Waals surface area contributed by atoms with Crippen molar-refractivity contribution in [2.45, 2.75) is 58.2 Å². The molecule has 0 aromatic carbocycles. The summed E-state index contributed by atoms with van der Waals surface area (Å²) >= 11 is 0. The van der Waals surface area contributed by atoms with E-state index in [9.17, 15) is 13.2 Å². The van der Waals surface area contributed by atoms with Gasteiger partial charge in [-0.05, 0) is 12.8 Å². The fourth-order valence-corrected chi connectivity index (χ4v) is 2.83. The number of hydrogen-bond donors (Lipinski definition) is 0. The van der Waals surface area contributed by atoms with Gasteiger partial charge in [-0.15, -0.1) is 0 Å². The minimum Gasteiger partial charge on any atom is -0.355 e. The Kier molecular flexibility index (Phi) is 4.17. The zero-order chi connectivity index (χ0) is 17.5. The van der Waals surface area contributed by atoms with Crippen molar-refractivity contribution >= 4 is 17.0 Å². The third kappa shape index (κ3) is 3.47. The Balaban J connectivity index is 2.07. The number of rotatable bonds is 3. The highest BCUT2D eigenvalue weighted by Crippen LogP contribution is 2.30. The van der Waals surface area contributed by atoms with Gasteiger partial charge in [0.05, 0.1) is 12.7 Å². The highest BCUT2D eigenvalue weighted by atomic mass is 19.4. The maximum atomic E-state index is 12.6. The van der Waals surface area contributed by atoms with Gasteiger partial charge in [-0.25, -0.2) is 15.0 Å². The molecule has 8 heteroatoms. The van der Waals surface area contributed by atoms with Crippen molar-refractivity contribution < 1.29 is 13.2 Å². The van der Waals surface area contributed by atoms with E-state index in [0.29, 0.717) is 17.0 Å². The summed E-state index contributed by atoms with van der Waals surface area (Å²) in [6.07, 6.45) is -1.48. The van der Waals surface area contributed by atoms with Gasteiger partial charge >= 0.3 is 6.18 Å². The van der Waals surface area contributed by atoms with Crippen molar-refractivity contribution in [3.05, 3.63) is 12.2 Å². The third-order valence-corrected chi connectivity index (χ3v) is 4.16. The second-order valence-electron chi connectivity index (χ2n) is 7.29. The van der Waals surface area contributed by atoms with Crippen LogP contribution in [-0.4, -0.2) is 38.8 Å². The van der Waals surface area contributed by atoms with Gasteiger partial charge < -0.3 is 9.47 Å². The van der Waals surface area contributed by atoms with E-state index in [-0.39, 0.29) is 12.0 Å². The standard InChI is InChI=1S/C16H22F3N5/c1-15(2,3)14-21-12(23-7-4-5-8-23)11-13(22-14)24(10-20-11)9-6-16(17,18)19/h10H,4-9H2,1-3H3. The first-order chi connectivity index (χ1) is 11.1. The summed E-state index contributed by atoms with van der Waals surface area (Å²) in [5.74, 6) is 1.37. The van der Waals surface area contributed by atoms with E-state index >= 15 is 0 Å². The van der Waals surface area contributed by atoms with E-state index in [0.717, 1.165) is 31.7 Å². The number of imidazole rings is 1. The molecule has 0 spiro atoms. The topological polar surface area (TPSA) is 46.8 Å². The molecule has 2 aromatic rings. The van der Waals surface area contributed by atoms with Crippen molar-refractivity contribution in [1.82, 2.24) is 19.5 Å². The molecule has 2 aromatic heterocycles. The Bertz CT molecular complexity index is 724. The Hall–Kier alpha value is -1.86. The van der Waals surface area contributed by atoms with Crippen LogP contribution in [0, 0.1) is 0 Å². The molecule has 0 atom stereocenters. The van der Waals surface area contributed by atoms with Crippen LogP contribution in [0.4, 0.5) is 19.0 Å². The van der Waals surface area contributed by atoms with Crippen molar-refractivity contribution in [3.63, 3.8) is 0 Å². The van der Waals surface area contributed by atoms with Crippen LogP contribution in [-0.2, 0) is 12.0 Å². The molecule has 0 aliphatic carbocycles. The molecule has 1 aliphatic heterocycles. The predicted octanol–water partition coefficient (Wildman–Crippen LogP) is 3.68. The van der Waals surface area contributed by atoms with Crippen molar-refractivity contribution in [2.75, 3.05) is 18.0 Å². The SMILES string of the molecule is CC(C)(C)c1nc(N2CCCC2)c2ncn(CCC(F)(F)F)c2n1. The lowest BCUT2D eigenvalue weighted by Crippen LogP contribution is -2.24. The van der Waals surface area contributed by atoms with Gasteiger partial charge in [-0.2, -0.15) is 13.2 Å². The molecule has 0 amide bonds. The molecule has 24 heavy (non-hydrogen) atoms. The molecule has 1 fully saturated rings. The zero-order valence-electron chi connectivity index (χ0n) is 14.2. The summed E-state index contributed by atoms with van der Waals surface area (Å²) in [6.45, 7) is 7.60. The summed E-state index contributed by atoms with van der Waals surface area (Å²) < 4.78 is 39.2. The van der Waals surface area contributed by atoms with Gasteiger partial charge in [0.15, 0.2) is 17.0 Å². The summed E-state index contributed by atoms with van der Waals surface area (Å²) in [5.41, 5.74) is 0.787. The minimum absolute atomic E-state index is 0.181. The van der Waals surface area contributed by atoms with Gasteiger partial charge in [0.25, 0.3) is 0 Å². The van der Waals surface area contributed by atoms with Gasteiger partial charge in [-0.3, -0.25) is 0 Å². The molecule has 0 N–H and O–H groups in total. The van der Waals surface area contributed by atoms with E-state index in [1.165, 1.54) is 10.9 Å². The molecule has 1 saturated heterocycles. The van der Waals surface area contributed by atoms with E-state index in [2.05, 4.69) is 14.9 Å². The second kappa shape index (κ2) is 5.89. The average Bonchev–Trinajstić information content (AvgIpc) is 3.12. The molecule has 3 heterocycles. The number of anilines is 1. The van der Waals surface area contributed by atoms with Crippen molar-refractivity contribution in [3.8, 4) is 0 Å². The van der Waals surface area contributed by atoms with Gasteiger partial charge in [0.2, 0.25) is 0 Å². The lowest BCUT2D eigenvalue weighted by atomic mass is 9.96. The van der Waals surface area contributed by atoms with Crippen LogP contribution >= 0.6 is 0 Å². The van der Waals surface area contributed by atoms with Crippen LogP contribution in [0.1, 0.15) is 45.9 Å². The monoisotopic (exact) mass is 341 g/mol. The molecule has 3 rings (SSSR count). The lowest BCUT2D eigenvalue weighted by molar-refractivity contribution is -0.136. The summed E-state index contributed by atoms with van der Waals surface area (Å²) in [6, 6.07) is 0. The lowest BCUT2D eigenvalue weighted by Gasteiger charge is -2.22. The summed E-state index contributed by atoms with van der Waals surface area (Å²) in [4.78, 5) is 15.7. The van der Waals surface area contributed by atoms with Crippen LogP contribution in [0.25, 0.3) is 11.2 Å². The third-order valence-electron chi connectivity index (χ3n) is 4.16. The molecule has 0 unspecified atom stereocenters. The van der Waals surface area contributed by atoms with Crippen LogP contribution in [0.5, 0.6) is 0 Å². The molecule has 0 radical (unpaired) electrons. The second-order valence-corrected chi connectivity index (χ2v) is 7.29. The number of alkyl halides is 3. The molecule has 5 nitrogen and oxygen atoms in total. The van der Waals surface area contributed by atoms with Crippen LogP contribution in [0.15, 0.2) is 6.33 Å². The Morgan fingerprint density at radius 3 is 2.33 bits per heavy atom. The highest BCUT2D eigenvalue weighted by Gasteiger charge is 2.29. The Morgan fingerprint density at radius 2 is 1.75 bits per heavy atom. The Labute approximate surface area is 138 Å². The smallest absolute Gasteiger partial charge is 0.355 e. The first-order valence-corrected chi connectivity index (χ1v) is 8.20. The quantitative estimate of drug-likeness (QED) is 0.854. The number of fused-ring (bicyclic) bond motifs is 1. The van der Waals surface area contributed by atoms with Crippen LogP contribution in [0.2, 0.25) is 0 Å². The van der Waals surface area contributed by atoms with E-state index in [1.807, 2.05) is 20.8 Å². The summed E-state index contributed by atoms with van der Waals surface area (Å²) in [5, 5.41) is 0. The van der Waals surface area contributed by atoms with Crippen molar-refractivity contribution in [2.24, 2.45) is 0 Å². The molecular formula is C16H22F3N5. The molecule has 0 bridgehead atoms. The number of hydrogen-bond acceptors (Lipinski definition) is 4. The van der Waals surface area contributed by atoms with Crippen LogP contribution < -0.4 is 4.90 Å². The first kappa shape index (κ1) is 17.0. The minimum atomic E-state index is -4.20. The predicted molar refractivity (Wildman–Crippen MR) is 86.1 cm³/mol. The molecule has 132 valence electrons. The fraction of sp³-hybridized carbons (Fsp3) is 0.688. The van der Waals surface area contributed by atoms with Gasteiger partial charge in [0, 0.05) is 25.0 Å². The van der Waals surface area contributed by atoms with Gasteiger partial charge in [0.1, 0.15) is 5.82 Å². The van der Waals surface area contributed by atoms with E-state index in [4.69, 9.17) is 4.98 Å². The normalized spacial score (nSPS) is 16.3. The Morgan fingerprint density at radius 1 is 1.08 bits per heavy atom. The number of nitrogens with zero attached hydrogens (tertiary/aromatic N) is 5. The number of aryl methyl sites for hydroxylation is 1. The fourth-order valence-electron chi connectivity index (χ4n) is 2.83. The molecular weight excluding hydrogens is 319 g/mol. The largest absolute Gasteiger partial charge is 0.390 e. The molecule has 0 saturated carbocycles. The first-order valence-electron chi connectivity index (χ1n) is 8.20. The van der Waals surface area contributed by atoms with E-state index in [1.54, 1.807) is 0 Å². The highest BCUT2D eigenvalue weighted by molar-refractivity contribution is 5.84. The van der Waals surface area contributed by atoms with Crippen molar-refractivity contribution in [1.29, 1.82) is 0 Å². The zero-order valence-corrected chi connectivity index (χ0v) is 14.2. The molecule has 1 aliphatic rings. The maximum absolute atomic E-state index is 12.6.